The lowest BCUT2D eigenvalue weighted by atomic mass is 10.1. The van der Waals surface area contributed by atoms with Gasteiger partial charge in [-0.2, -0.15) is 0 Å². The first-order valence-corrected chi connectivity index (χ1v) is 28.9. The van der Waals surface area contributed by atoms with E-state index in [-0.39, 0.29) is 25.9 Å². The molecule has 11 nitrogen and oxygen atoms in total. The first kappa shape index (κ1) is 67.9. The van der Waals surface area contributed by atoms with Crippen LogP contribution in [-0.2, 0) is 42.2 Å². The lowest BCUT2D eigenvalue weighted by Crippen LogP contribution is -2.30. The predicted octanol–water partition coefficient (Wildman–Crippen LogP) is 16.0. The predicted molar refractivity (Wildman–Crippen MR) is 297 cm³/mol. The minimum absolute atomic E-state index is 0.0473. The monoisotopic (exact) mass is 1020 g/mol. The summed E-state index contributed by atoms with van der Waals surface area (Å²) in [7, 11) is -4.78. The maximum Gasteiger partial charge on any atom is 0.472 e. The van der Waals surface area contributed by atoms with Crippen LogP contribution >= 0.6 is 7.82 Å². The Hall–Kier alpha value is -4.12. The summed E-state index contributed by atoms with van der Waals surface area (Å²) in [5.74, 6) is -1.61. The van der Waals surface area contributed by atoms with E-state index in [0.29, 0.717) is 19.3 Å². The Bertz CT molecular complexity index is 1670. The van der Waals surface area contributed by atoms with E-state index in [1.807, 2.05) is 18.2 Å². The molecule has 2 N–H and O–H groups in total. The molecule has 0 saturated carbocycles. The smallest absolute Gasteiger partial charge is 0.462 e. The molecule has 0 amide bonds. The maximum absolute atomic E-state index is 12.9. The number of esters is 3. The van der Waals surface area contributed by atoms with Gasteiger partial charge in [0.1, 0.15) is 12.7 Å². The van der Waals surface area contributed by atoms with E-state index >= 15 is 0 Å². The van der Waals surface area contributed by atoms with Crippen molar-refractivity contribution >= 4 is 25.7 Å². The first-order chi connectivity index (χ1) is 35.2. The number of aliphatic hydroxyl groups excluding tert-OH is 1. The van der Waals surface area contributed by atoms with E-state index in [0.717, 1.165) is 122 Å². The van der Waals surface area contributed by atoms with Crippen molar-refractivity contribution in [1.29, 1.82) is 0 Å². The van der Waals surface area contributed by atoms with Crippen molar-refractivity contribution in [2.45, 2.75) is 213 Å². The zero-order chi connectivity index (χ0) is 52.7. The van der Waals surface area contributed by atoms with Gasteiger partial charge in [-0.25, -0.2) is 4.57 Å². The van der Waals surface area contributed by atoms with Gasteiger partial charge in [-0.3, -0.25) is 23.4 Å². The molecule has 3 atom stereocenters. The molecule has 0 fully saturated rings. The van der Waals surface area contributed by atoms with Crippen molar-refractivity contribution in [1.82, 2.24) is 0 Å². The standard InChI is InChI=1S/C60H97O11P/c1-4-7-10-13-16-19-22-25-27-28-30-32-34-37-40-43-46-49-58(62)67-53-57(71-60(64)51-48-45-42-39-36-33-29-26-23-20-17-14-11-8-5-2)55-69-72(65,66)68-54-56(52-61)70-59(63)50-47-44-41-38-35-31-24-21-18-15-12-9-6-3/h7,9-10,12,16-21,25-27,29-32,35,41,44,56-57,61H,4-6,8,11,13-15,22-24,28,33-34,36-40,42-43,45-55H2,1-3H3,(H,65,66)/b10-7-,12-9-,19-16-,20-17-,21-18-,27-25-,29-26-,32-30-,35-31-,44-41-. The fourth-order valence-corrected chi connectivity index (χ4v) is 7.53. The van der Waals surface area contributed by atoms with Crippen molar-refractivity contribution in [3.05, 3.63) is 122 Å². The highest BCUT2D eigenvalue weighted by atomic mass is 31.2. The van der Waals surface area contributed by atoms with E-state index in [1.165, 1.54) is 19.3 Å². The number of aliphatic hydroxyl groups is 1. The largest absolute Gasteiger partial charge is 0.472 e. The molecule has 408 valence electrons. The number of carbonyl (C=O) groups excluding carboxylic acids is 3. The van der Waals surface area contributed by atoms with E-state index in [9.17, 15) is 28.9 Å². The number of hydrogen-bond acceptors (Lipinski definition) is 10. The number of allylic oxidation sites excluding steroid dienone is 20. The van der Waals surface area contributed by atoms with Gasteiger partial charge in [0.15, 0.2) is 6.10 Å². The van der Waals surface area contributed by atoms with Crippen LogP contribution in [0.5, 0.6) is 0 Å². The maximum atomic E-state index is 12.9. The third kappa shape index (κ3) is 50.8. The third-order valence-electron chi connectivity index (χ3n) is 10.9. The summed E-state index contributed by atoms with van der Waals surface area (Å²) in [5.41, 5.74) is 0. The van der Waals surface area contributed by atoms with Crippen molar-refractivity contribution in [3.63, 3.8) is 0 Å². The van der Waals surface area contributed by atoms with Gasteiger partial charge in [-0.05, 0) is 116 Å². The Morgan fingerprint density at radius 1 is 0.403 bits per heavy atom. The molecule has 0 bridgehead atoms. The first-order valence-electron chi connectivity index (χ1n) is 27.4. The second-order valence-electron chi connectivity index (χ2n) is 17.6. The molecule has 0 radical (unpaired) electrons. The number of phosphoric ester groups is 1. The number of hydrogen-bond donors (Lipinski definition) is 2. The molecule has 0 saturated heterocycles. The fourth-order valence-electron chi connectivity index (χ4n) is 6.74. The summed E-state index contributed by atoms with van der Waals surface area (Å²) in [6.07, 6.45) is 64.6. The van der Waals surface area contributed by atoms with Crippen LogP contribution in [0.15, 0.2) is 122 Å². The second kappa shape index (κ2) is 53.2. The zero-order valence-electron chi connectivity index (χ0n) is 44.8. The number of carbonyl (C=O) groups is 3. The number of phosphoric acid groups is 1. The average molecular weight is 1030 g/mol. The Kier molecular flexibility index (Phi) is 50.1. The van der Waals surface area contributed by atoms with Gasteiger partial charge in [0.2, 0.25) is 0 Å². The van der Waals surface area contributed by atoms with Crippen LogP contribution in [0.4, 0.5) is 0 Å². The minimum atomic E-state index is -4.78. The van der Waals surface area contributed by atoms with Crippen LogP contribution in [0.1, 0.15) is 201 Å². The highest BCUT2D eigenvalue weighted by Gasteiger charge is 2.28. The van der Waals surface area contributed by atoms with E-state index in [2.05, 4.69) is 124 Å². The summed E-state index contributed by atoms with van der Waals surface area (Å²) in [5, 5.41) is 9.78. The van der Waals surface area contributed by atoms with Crippen LogP contribution in [0.25, 0.3) is 0 Å². The molecule has 3 unspecified atom stereocenters. The molecule has 0 aliphatic carbocycles. The minimum Gasteiger partial charge on any atom is -0.462 e. The van der Waals surface area contributed by atoms with Crippen molar-refractivity contribution < 1.29 is 52.2 Å². The summed E-state index contributed by atoms with van der Waals surface area (Å²) >= 11 is 0. The molecular formula is C60H97O11P. The molecule has 0 aliphatic heterocycles. The molecule has 0 rings (SSSR count). The number of rotatable bonds is 49. The fraction of sp³-hybridized carbons (Fsp3) is 0.617. The highest BCUT2D eigenvalue weighted by Crippen LogP contribution is 2.43. The van der Waals surface area contributed by atoms with Gasteiger partial charge in [0.25, 0.3) is 0 Å². The Labute approximate surface area is 437 Å². The van der Waals surface area contributed by atoms with Crippen LogP contribution in [0.3, 0.4) is 0 Å². The van der Waals surface area contributed by atoms with Crippen LogP contribution < -0.4 is 0 Å². The SMILES string of the molecule is CC/C=C\C/C=C\C/C=C\C/C=C\CCCCCCC(=O)OCC(COP(=O)(O)OCC(CO)OC(=O)CC/C=C\C/C=C\C/C=C\C/C=C\CC)OC(=O)CCCCCCC/C=C\C/C=C\CCCCC. The van der Waals surface area contributed by atoms with Crippen LogP contribution in [0, 0.1) is 0 Å². The van der Waals surface area contributed by atoms with E-state index < -0.39 is 57.8 Å². The molecular weight excluding hydrogens is 928 g/mol. The molecule has 12 heteroatoms. The van der Waals surface area contributed by atoms with Gasteiger partial charge < -0.3 is 24.2 Å². The molecule has 72 heavy (non-hydrogen) atoms. The number of unbranched alkanes of at least 4 members (excludes halogenated alkanes) is 12. The second-order valence-corrected chi connectivity index (χ2v) is 19.1. The normalized spacial score (nSPS) is 14.3. The lowest BCUT2D eigenvalue weighted by Gasteiger charge is -2.21. The molecule has 0 aromatic carbocycles. The van der Waals surface area contributed by atoms with Gasteiger partial charge >= 0.3 is 25.7 Å². The Balaban J connectivity index is 4.88. The van der Waals surface area contributed by atoms with Gasteiger partial charge in [0, 0.05) is 19.3 Å². The Morgan fingerprint density at radius 2 is 0.750 bits per heavy atom. The average Bonchev–Trinajstić information content (AvgIpc) is 3.37. The summed E-state index contributed by atoms with van der Waals surface area (Å²) < 4.78 is 39.3. The van der Waals surface area contributed by atoms with Gasteiger partial charge in [-0.1, -0.05) is 187 Å². The van der Waals surface area contributed by atoms with Crippen molar-refractivity contribution in [3.8, 4) is 0 Å². The third-order valence-corrected chi connectivity index (χ3v) is 11.8. The quantitative estimate of drug-likeness (QED) is 0.0197. The lowest BCUT2D eigenvalue weighted by molar-refractivity contribution is -0.161. The zero-order valence-corrected chi connectivity index (χ0v) is 45.7. The molecule has 0 heterocycles. The van der Waals surface area contributed by atoms with Crippen LogP contribution in [-0.4, -0.2) is 66.5 Å². The van der Waals surface area contributed by atoms with E-state index in [4.69, 9.17) is 23.3 Å². The molecule has 0 aromatic heterocycles. The van der Waals surface area contributed by atoms with Crippen LogP contribution in [0.2, 0.25) is 0 Å². The molecule has 0 aliphatic rings. The highest BCUT2D eigenvalue weighted by molar-refractivity contribution is 7.47. The number of ether oxygens (including phenoxy) is 3. The molecule has 0 aromatic rings. The summed E-state index contributed by atoms with van der Waals surface area (Å²) in [4.78, 5) is 48.4. The van der Waals surface area contributed by atoms with Gasteiger partial charge in [0.05, 0.1) is 19.8 Å². The molecule has 0 spiro atoms. The van der Waals surface area contributed by atoms with Crippen molar-refractivity contribution in [2.24, 2.45) is 0 Å². The van der Waals surface area contributed by atoms with Crippen molar-refractivity contribution in [2.75, 3.05) is 26.4 Å². The van der Waals surface area contributed by atoms with E-state index in [1.54, 1.807) is 0 Å². The summed E-state index contributed by atoms with van der Waals surface area (Å²) in [6, 6.07) is 0. The van der Waals surface area contributed by atoms with Gasteiger partial charge in [-0.15, -0.1) is 0 Å². The topological polar surface area (TPSA) is 155 Å². The summed E-state index contributed by atoms with van der Waals surface area (Å²) in [6.45, 7) is 4.23. The Morgan fingerprint density at radius 3 is 1.19 bits per heavy atom.